The van der Waals surface area contributed by atoms with Crippen LogP contribution >= 0.6 is 0 Å². The van der Waals surface area contributed by atoms with Gasteiger partial charge >= 0.3 is 44.5 Å². The molecule has 0 aliphatic carbocycles. The fourth-order valence-electron chi connectivity index (χ4n) is 3.19. The molecular weight excluding hydrogens is 641 g/mol. The Kier molecular flexibility index (Phi) is 11.6. The number of ketones is 1. The van der Waals surface area contributed by atoms with E-state index >= 15 is 0 Å². The SMILES string of the molecule is CC(=O)C(F)(OC(F)(F)C(F)(F)C(F)(F)F)C(F)(F)F.CC(C)C(C)(C)OB(O)c1cc(N)cc(B2OC(C)(C)C(C)(C)O2)c1. The summed E-state index contributed by atoms with van der Waals surface area (Å²) < 4.78 is 153. The summed E-state index contributed by atoms with van der Waals surface area (Å²) in [5.41, 5.74) is 6.62. The van der Waals surface area contributed by atoms with Crippen molar-refractivity contribution >= 4 is 36.6 Å². The van der Waals surface area contributed by atoms with Crippen LogP contribution in [0.1, 0.15) is 62.3 Å². The first kappa shape index (κ1) is 40.9. The summed E-state index contributed by atoms with van der Waals surface area (Å²) in [5.74, 6) is -15.8. The van der Waals surface area contributed by atoms with Crippen LogP contribution in [0.25, 0.3) is 0 Å². The van der Waals surface area contributed by atoms with E-state index in [0.717, 1.165) is 5.46 Å². The monoisotopic (exact) mass is 675 g/mol. The molecule has 45 heavy (non-hydrogen) atoms. The van der Waals surface area contributed by atoms with Crippen LogP contribution in [0.3, 0.4) is 0 Å². The van der Waals surface area contributed by atoms with Gasteiger partial charge in [0.1, 0.15) is 0 Å². The number of Topliss-reactive ketones (excluding diaryl/α,β-unsaturated/α-hetero) is 1. The summed E-state index contributed by atoms with van der Waals surface area (Å²) in [6, 6.07) is 5.36. The maximum atomic E-state index is 13.0. The summed E-state index contributed by atoms with van der Waals surface area (Å²) >= 11 is 0. The van der Waals surface area contributed by atoms with Crippen LogP contribution < -0.4 is 16.7 Å². The van der Waals surface area contributed by atoms with Gasteiger partial charge in [-0.25, -0.2) is 0 Å². The Hall–Kier alpha value is -2.15. The zero-order valence-electron chi connectivity index (χ0n) is 25.7. The number of nitrogens with two attached hydrogens (primary N) is 1. The third kappa shape index (κ3) is 8.81. The van der Waals surface area contributed by atoms with Crippen molar-refractivity contribution in [3.05, 3.63) is 18.2 Å². The van der Waals surface area contributed by atoms with E-state index in [1.54, 1.807) is 6.07 Å². The summed E-state index contributed by atoms with van der Waals surface area (Å²) in [5, 5.41) is 10.5. The van der Waals surface area contributed by atoms with Gasteiger partial charge in [0.15, 0.2) is 0 Å². The van der Waals surface area contributed by atoms with Crippen LogP contribution in [0.2, 0.25) is 0 Å². The number of nitrogen functional groups attached to an aromatic ring is 1. The van der Waals surface area contributed by atoms with Crippen molar-refractivity contribution in [1.82, 2.24) is 0 Å². The third-order valence-electron chi connectivity index (χ3n) is 7.42. The molecule has 1 saturated heterocycles. The molecule has 1 fully saturated rings. The van der Waals surface area contributed by atoms with Gasteiger partial charge in [0.2, 0.25) is 5.78 Å². The summed E-state index contributed by atoms with van der Waals surface area (Å²) in [4.78, 5) is 10.3. The maximum Gasteiger partial charge on any atom is 0.494 e. The number of halogens is 11. The fraction of sp³-hybridized carbons (Fsp3) is 0.720. The molecule has 2 rings (SSSR count). The van der Waals surface area contributed by atoms with E-state index in [4.69, 9.17) is 19.7 Å². The van der Waals surface area contributed by atoms with Crippen molar-refractivity contribution in [2.45, 2.75) is 109 Å². The van der Waals surface area contributed by atoms with Gasteiger partial charge in [0.05, 0.1) is 16.8 Å². The van der Waals surface area contributed by atoms with Crippen molar-refractivity contribution < 1.29 is 76.8 Å². The lowest BCUT2D eigenvalue weighted by atomic mass is 9.71. The van der Waals surface area contributed by atoms with Crippen molar-refractivity contribution in [2.24, 2.45) is 5.92 Å². The molecule has 7 nitrogen and oxygen atoms in total. The van der Waals surface area contributed by atoms with E-state index in [-0.39, 0.29) is 12.8 Å². The molecule has 1 aromatic carbocycles. The smallest absolute Gasteiger partial charge is 0.423 e. The average Bonchev–Trinajstić information content (AvgIpc) is 3.03. The molecule has 3 N–H and O–H groups in total. The Morgan fingerprint density at radius 1 is 0.889 bits per heavy atom. The molecule has 20 heteroatoms. The van der Waals surface area contributed by atoms with Crippen LogP contribution in [0.5, 0.6) is 0 Å². The molecule has 1 aromatic rings. The van der Waals surface area contributed by atoms with Crippen LogP contribution in [0.15, 0.2) is 18.2 Å². The zero-order valence-corrected chi connectivity index (χ0v) is 25.7. The van der Waals surface area contributed by atoms with Gasteiger partial charge in [-0.15, -0.1) is 0 Å². The number of ether oxygens (including phenoxy) is 1. The Morgan fingerprint density at radius 3 is 1.69 bits per heavy atom. The number of carbonyl (C=O) groups excluding carboxylic acids is 1. The molecule has 0 amide bonds. The Bertz CT molecular complexity index is 1190. The number of carbonyl (C=O) groups is 1. The largest absolute Gasteiger partial charge is 0.494 e. The number of hydrogen-bond acceptors (Lipinski definition) is 7. The number of hydrogen-bond donors (Lipinski definition) is 2. The van der Waals surface area contributed by atoms with E-state index in [2.05, 4.69) is 13.8 Å². The first-order valence-electron chi connectivity index (χ1n) is 13.1. The third-order valence-corrected chi connectivity index (χ3v) is 7.42. The first-order chi connectivity index (χ1) is 19.7. The molecule has 1 aliphatic rings. The standard InChI is InChI=1S/C18H31B2NO4.C7H3F11O2/c1-12(2)16(3,4)23-19(22)13-9-14(11-15(21)10-13)20-24-17(5,6)18(7,8)25-20;1-2(19)3(8,5(11,12)13)20-7(17,18)4(9,10)6(14,15)16/h9-12,22H,21H2,1-8H3;1H3. The van der Waals surface area contributed by atoms with E-state index in [9.17, 15) is 58.1 Å². The van der Waals surface area contributed by atoms with Crippen LogP contribution in [0.4, 0.5) is 54.0 Å². The van der Waals surface area contributed by atoms with Gasteiger partial charge in [-0.2, -0.15) is 48.3 Å². The molecule has 1 aliphatic heterocycles. The molecule has 0 aromatic heterocycles. The Balaban J connectivity index is 0.000000463. The van der Waals surface area contributed by atoms with Crippen LogP contribution in [-0.2, 0) is 23.5 Å². The van der Waals surface area contributed by atoms with E-state index < -0.39 is 67.1 Å². The molecule has 1 unspecified atom stereocenters. The normalized spacial score (nSPS) is 18.8. The molecule has 1 atom stereocenters. The van der Waals surface area contributed by atoms with Gasteiger partial charge in [-0.05, 0) is 70.5 Å². The second kappa shape index (κ2) is 12.8. The molecule has 0 saturated carbocycles. The van der Waals surface area contributed by atoms with Gasteiger partial charge < -0.3 is 24.7 Å². The quantitative estimate of drug-likeness (QED) is 0.208. The summed E-state index contributed by atoms with van der Waals surface area (Å²) in [6.45, 7) is 15.7. The minimum Gasteiger partial charge on any atom is -0.423 e. The zero-order chi connectivity index (χ0) is 36.0. The lowest BCUT2D eigenvalue weighted by molar-refractivity contribution is -0.472. The number of alkyl halides is 11. The van der Waals surface area contributed by atoms with Gasteiger partial charge in [0, 0.05) is 12.6 Å². The molecule has 0 spiro atoms. The van der Waals surface area contributed by atoms with Crippen molar-refractivity contribution in [2.75, 3.05) is 5.73 Å². The minimum atomic E-state index is -7.15. The first-order valence-corrected chi connectivity index (χ1v) is 13.1. The summed E-state index contributed by atoms with van der Waals surface area (Å²) in [6.07, 6.45) is -20.6. The predicted octanol–water partition coefficient (Wildman–Crippen LogP) is 5.32. The highest BCUT2D eigenvalue weighted by molar-refractivity contribution is 6.65. The highest BCUT2D eigenvalue weighted by Crippen LogP contribution is 2.51. The van der Waals surface area contributed by atoms with Crippen molar-refractivity contribution in [3.63, 3.8) is 0 Å². The average molecular weight is 675 g/mol. The minimum absolute atomic E-state index is 0.255. The lowest BCUT2D eigenvalue weighted by Gasteiger charge is -2.33. The van der Waals surface area contributed by atoms with Crippen LogP contribution in [0, 0.1) is 5.92 Å². The molecule has 258 valence electrons. The number of anilines is 1. The van der Waals surface area contributed by atoms with Crippen LogP contribution in [-0.4, -0.2) is 72.1 Å². The molecular formula is C25H34B2F11NO6. The Morgan fingerprint density at radius 2 is 1.33 bits per heavy atom. The highest BCUT2D eigenvalue weighted by atomic mass is 19.4. The maximum absolute atomic E-state index is 13.0. The Labute approximate surface area is 253 Å². The van der Waals surface area contributed by atoms with E-state index in [1.807, 2.05) is 58.4 Å². The van der Waals surface area contributed by atoms with Crippen molar-refractivity contribution in [3.8, 4) is 0 Å². The summed E-state index contributed by atoms with van der Waals surface area (Å²) in [7, 11) is -1.60. The number of rotatable bonds is 9. The molecule has 1 heterocycles. The van der Waals surface area contributed by atoms with Crippen molar-refractivity contribution in [1.29, 1.82) is 0 Å². The molecule has 0 radical (unpaired) electrons. The van der Waals surface area contributed by atoms with Gasteiger partial charge in [-0.1, -0.05) is 19.9 Å². The van der Waals surface area contributed by atoms with Gasteiger partial charge in [0.25, 0.3) is 0 Å². The fourth-order valence-corrected chi connectivity index (χ4v) is 3.19. The topological polar surface area (TPSA) is 100 Å². The highest BCUT2D eigenvalue weighted by Gasteiger charge is 2.79. The lowest BCUT2D eigenvalue weighted by Crippen LogP contribution is -2.61. The van der Waals surface area contributed by atoms with Gasteiger partial charge in [-0.3, -0.25) is 9.53 Å². The second-order valence-electron chi connectivity index (χ2n) is 12.1. The van der Waals surface area contributed by atoms with E-state index in [1.165, 1.54) is 0 Å². The predicted molar refractivity (Wildman–Crippen MR) is 142 cm³/mol. The second-order valence-corrected chi connectivity index (χ2v) is 12.1. The number of benzene rings is 1. The van der Waals surface area contributed by atoms with E-state index in [0.29, 0.717) is 11.2 Å². The molecule has 0 bridgehead atoms.